The first-order valence-corrected chi connectivity index (χ1v) is 12.1. The SMILES string of the molecule is COC1CN(c2ncc(Cl)c(Nc3ccc4c(c3)c3c(c(=O)n4C)OCC(F)(F)C(C4CC4)N3)n2)C1. The summed E-state index contributed by atoms with van der Waals surface area (Å²) in [5, 5.41) is 7.11. The van der Waals surface area contributed by atoms with Crippen molar-refractivity contribution < 1.29 is 18.3 Å². The van der Waals surface area contributed by atoms with Gasteiger partial charge in [-0.05, 0) is 37.0 Å². The molecule has 190 valence electrons. The summed E-state index contributed by atoms with van der Waals surface area (Å²) in [6.07, 6.45) is 3.11. The van der Waals surface area contributed by atoms with Crippen molar-refractivity contribution >= 4 is 45.6 Å². The zero-order valence-electron chi connectivity index (χ0n) is 19.7. The molecular formula is C24H25ClF2N6O3. The van der Waals surface area contributed by atoms with Crippen LogP contribution in [0.1, 0.15) is 12.8 Å². The van der Waals surface area contributed by atoms with E-state index in [9.17, 15) is 13.6 Å². The minimum atomic E-state index is -3.10. The maximum absolute atomic E-state index is 14.9. The smallest absolute Gasteiger partial charge is 0.301 e. The maximum Gasteiger partial charge on any atom is 0.301 e. The normalized spacial score (nSPS) is 21.2. The van der Waals surface area contributed by atoms with Crippen molar-refractivity contribution in [2.75, 3.05) is 42.3 Å². The molecule has 1 atom stereocenters. The molecular weight excluding hydrogens is 494 g/mol. The van der Waals surface area contributed by atoms with E-state index in [1.807, 2.05) is 4.90 Å². The molecule has 1 saturated carbocycles. The third-order valence-electron chi connectivity index (χ3n) is 7.07. The summed E-state index contributed by atoms with van der Waals surface area (Å²) in [4.78, 5) is 23.8. The monoisotopic (exact) mass is 518 g/mol. The molecule has 0 spiro atoms. The van der Waals surface area contributed by atoms with Crippen LogP contribution in [-0.4, -0.2) is 59.4 Å². The number of fused-ring (bicyclic) bond motifs is 3. The number of anilines is 4. The highest BCUT2D eigenvalue weighted by Crippen LogP contribution is 2.45. The summed E-state index contributed by atoms with van der Waals surface area (Å²) < 4.78 is 41.9. The Kier molecular flexibility index (Phi) is 5.45. The summed E-state index contributed by atoms with van der Waals surface area (Å²) in [7, 11) is 3.26. The van der Waals surface area contributed by atoms with Crippen LogP contribution in [-0.2, 0) is 11.8 Å². The summed E-state index contributed by atoms with van der Waals surface area (Å²) in [5.41, 5.74) is 1.02. The number of rotatable bonds is 5. The van der Waals surface area contributed by atoms with Gasteiger partial charge in [-0.25, -0.2) is 13.8 Å². The first-order valence-electron chi connectivity index (χ1n) is 11.8. The topological polar surface area (TPSA) is 93.5 Å². The second kappa shape index (κ2) is 8.45. The number of nitrogens with zero attached hydrogens (tertiary/aromatic N) is 4. The number of ether oxygens (including phenoxy) is 2. The van der Waals surface area contributed by atoms with Gasteiger partial charge in [-0.15, -0.1) is 0 Å². The number of benzene rings is 1. The van der Waals surface area contributed by atoms with Crippen LogP contribution in [0.2, 0.25) is 5.02 Å². The van der Waals surface area contributed by atoms with Gasteiger partial charge in [0.25, 0.3) is 5.56 Å². The van der Waals surface area contributed by atoms with Crippen LogP contribution in [0.5, 0.6) is 5.75 Å². The fraction of sp³-hybridized carbons (Fsp3) is 0.458. The standard InChI is InChI=1S/C24H25ClF2N6O3/c1-32-17-6-5-13(29-21-16(25)8-28-23(31-21)33-9-14(10-33)35-2)7-15(17)18-19(22(32)34)36-11-24(26,27)20(30-18)12-3-4-12/h5-8,12,14,20,30H,3-4,9-11H2,1-2H3,(H,28,29,31). The van der Waals surface area contributed by atoms with E-state index in [4.69, 9.17) is 21.1 Å². The molecule has 0 amide bonds. The Balaban J connectivity index is 1.38. The van der Waals surface area contributed by atoms with Crippen LogP contribution in [0.25, 0.3) is 10.9 Å². The number of hydrogen-bond donors (Lipinski definition) is 2. The fourth-order valence-corrected chi connectivity index (χ4v) is 4.91. The predicted octanol–water partition coefficient (Wildman–Crippen LogP) is 3.78. The molecule has 9 nitrogen and oxygen atoms in total. The highest BCUT2D eigenvalue weighted by atomic mass is 35.5. The first-order chi connectivity index (χ1) is 17.2. The molecule has 0 bridgehead atoms. The molecule has 2 fully saturated rings. The molecule has 3 aliphatic rings. The van der Waals surface area contributed by atoms with Gasteiger partial charge < -0.3 is 29.6 Å². The van der Waals surface area contributed by atoms with E-state index in [-0.39, 0.29) is 23.5 Å². The number of aryl methyl sites for hydroxylation is 1. The lowest BCUT2D eigenvalue weighted by molar-refractivity contribution is -0.0579. The molecule has 4 heterocycles. The van der Waals surface area contributed by atoms with Gasteiger partial charge in [0.15, 0.2) is 12.4 Å². The van der Waals surface area contributed by atoms with Gasteiger partial charge in [0.05, 0.1) is 29.5 Å². The summed E-state index contributed by atoms with van der Waals surface area (Å²) in [6, 6.07) is 4.21. The number of methoxy groups -OCH3 is 1. The van der Waals surface area contributed by atoms with Crippen LogP contribution in [0.15, 0.2) is 29.2 Å². The average Bonchev–Trinajstić information content (AvgIpc) is 3.66. The predicted molar refractivity (Wildman–Crippen MR) is 133 cm³/mol. The van der Waals surface area contributed by atoms with Crippen LogP contribution in [0, 0.1) is 5.92 Å². The Morgan fingerprint density at radius 1 is 1.31 bits per heavy atom. The number of hydrogen-bond acceptors (Lipinski definition) is 8. The van der Waals surface area contributed by atoms with Crippen LogP contribution < -0.4 is 25.8 Å². The van der Waals surface area contributed by atoms with E-state index >= 15 is 0 Å². The first kappa shape index (κ1) is 23.2. The Morgan fingerprint density at radius 3 is 2.81 bits per heavy atom. The Hall–Kier alpha value is -3.18. The Morgan fingerprint density at radius 2 is 2.08 bits per heavy atom. The molecule has 2 aliphatic heterocycles. The quantitative estimate of drug-likeness (QED) is 0.527. The van der Waals surface area contributed by atoms with Gasteiger partial charge in [0, 0.05) is 38.3 Å². The van der Waals surface area contributed by atoms with E-state index in [1.54, 1.807) is 32.4 Å². The third-order valence-corrected chi connectivity index (χ3v) is 7.35. The number of halogens is 3. The summed E-state index contributed by atoms with van der Waals surface area (Å²) in [6.45, 7) is 0.533. The maximum atomic E-state index is 14.9. The van der Waals surface area contributed by atoms with Crippen molar-refractivity contribution in [1.82, 2.24) is 14.5 Å². The molecule has 3 aromatic rings. The molecule has 2 aromatic heterocycles. The lowest BCUT2D eigenvalue weighted by Crippen LogP contribution is -2.52. The van der Waals surface area contributed by atoms with Crippen molar-refractivity contribution in [3.8, 4) is 5.75 Å². The molecule has 1 saturated heterocycles. The van der Waals surface area contributed by atoms with Gasteiger partial charge in [-0.2, -0.15) is 4.98 Å². The van der Waals surface area contributed by atoms with Crippen molar-refractivity contribution in [3.05, 3.63) is 39.8 Å². The molecule has 1 unspecified atom stereocenters. The van der Waals surface area contributed by atoms with Crippen LogP contribution in [0.3, 0.4) is 0 Å². The highest BCUT2D eigenvalue weighted by Gasteiger charge is 2.51. The molecule has 6 rings (SSSR count). The zero-order valence-corrected chi connectivity index (χ0v) is 20.5. The Bertz CT molecular complexity index is 1410. The second-order valence-electron chi connectivity index (χ2n) is 9.56. The Labute approximate surface area is 210 Å². The summed E-state index contributed by atoms with van der Waals surface area (Å²) in [5.74, 6) is -2.43. The molecule has 12 heteroatoms. The number of nitrogens with one attached hydrogen (secondary N) is 2. The van der Waals surface area contributed by atoms with Gasteiger partial charge in [-0.1, -0.05) is 11.6 Å². The zero-order chi connectivity index (χ0) is 25.2. The molecule has 2 N–H and O–H groups in total. The van der Waals surface area contributed by atoms with E-state index in [0.717, 1.165) is 12.8 Å². The van der Waals surface area contributed by atoms with E-state index in [1.165, 1.54) is 10.8 Å². The third kappa shape index (κ3) is 3.90. The summed E-state index contributed by atoms with van der Waals surface area (Å²) >= 11 is 6.37. The van der Waals surface area contributed by atoms with Gasteiger partial charge in [-0.3, -0.25) is 4.79 Å². The van der Waals surface area contributed by atoms with Gasteiger partial charge in [0.2, 0.25) is 11.7 Å². The number of pyridine rings is 1. The van der Waals surface area contributed by atoms with Gasteiger partial charge in [0.1, 0.15) is 5.02 Å². The van der Waals surface area contributed by atoms with Crippen molar-refractivity contribution in [3.63, 3.8) is 0 Å². The van der Waals surface area contributed by atoms with E-state index < -0.39 is 24.1 Å². The average molecular weight is 519 g/mol. The van der Waals surface area contributed by atoms with E-state index in [0.29, 0.717) is 46.5 Å². The lowest BCUT2D eigenvalue weighted by atomic mass is 10.0. The highest BCUT2D eigenvalue weighted by molar-refractivity contribution is 6.33. The molecule has 36 heavy (non-hydrogen) atoms. The van der Waals surface area contributed by atoms with Crippen molar-refractivity contribution in [2.45, 2.75) is 30.9 Å². The van der Waals surface area contributed by atoms with E-state index in [2.05, 4.69) is 20.6 Å². The molecule has 1 aliphatic carbocycles. The minimum absolute atomic E-state index is 0.0992. The van der Waals surface area contributed by atoms with Crippen molar-refractivity contribution in [2.24, 2.45) is 13.0 Å². The molecule has 0 radical (unpaired) electrons. The van der Waals surface area contributed by atoms with Crippen LogP contribution in [0.4, 0.5) is 31.9 Å². The van der Waals surface area contributed by atoms with Gasteiger partial charge >= 0.3 is 5.92 Å². The minimum Gasteiger partial charge on any atom is -0.480 e. The lowest BCUT2D eigenvalue weighted by Gasteiger charge is -2.38. The molecule has 1 aromatic carbocycles. The fourth-order valence-electron chi connectivity index (χ4n) is 4.77. The van der Waals surface area contributed by atoms with Crippen LogP contribution >= 0.6 is 11.6 Å². The van der Waals surface area contributed by atoms with Crippen molar-refractivity contribution in [1.29, 1.82) is 0 Å². The largest absolute Gasteiger partial charge is 0.480 e. The second-order valence-corrected chi connectivity index (χ2v) is 9.97. The number of aromatic nitrogens is 3. The number of alkyl halides is 2.